The lowest BCUT2D eigenvalue weighted by atomic mass is 9.83. The molecule has 2 heteroatoms. The first kappa shape index (κ1) is 13.9. The Bertz CT molecular complexity index is 903. The molecule has 0 saturated carbocycles. The average Bonchev–Trinajstić information content (AvgIpc) is 2.79. The molecule has 2 atom stereocenters. The third kappa shape index (κ3) is 1.83. The predicted molar refractivity (Wildman–Crippen MR) is 95.6 cm³/mol. The Kier molecular flexibility index (Phi) is 2.92. The molecule has 3 aromatic rings. The summed E-state index contributed by atoms with van der Waals surface area (Å²) in [5.74, 6) is 0. The first-order valence-corrected chi connectivity index (χ1v) is 8.60. The number of hydrogen-bond donors (Lipinski definition) is 0. The second-order valence-corrected chi connectivity index (χ2v) is 7.13. The molecule has 2 nitrogen and oxygen atoms in total. The van der Waals surface area contributed by atoms with Crippen LogP contribution in [0.4, 0.5) is 0 Å². The van der Waals surface area contributed by atoms with E-state index in [1.807, 2.05) is 6.20 Å². The Morgan fingerprint density at radius 2 is 1.79 bits per heavy atom. The van der Waals surface area contributed by atoms with Gasteiger partial charge in [0.2, 0.25) is 0 Å². The highest BCUT2D eigenvalue weighted by Gasteiger charge is 2.51. The number of fused-ring (bicyclic) bond motifs is 7. The minimum atomic E-state index is 0.0471. The molecule has 0 saturated heterocycles. The number of rotatable bonds is 2. The summed E-state index contributed by atoms with van der Waals surface area (Å²) in [5.41, 5.74) is 7.15. The van der Waals surface area contributed by atoms with Crippen molar-refractivity contribution in [2.75, 3.05) is 0 Å². The second-order valence-electron chi connectivity index (χ2n) is 7.13. The summed E-state index contributed by atoms with van der Waals surface area (Å²) in [7, 11) is 0. The van der Waals surface area contributed by atoms with Crippen molar-refractivity contribution in [3.05, 3.63) is 101 Å². The van der Waals surface area contributed by atoms with Crippen LogP contribution in [0.2, 0.25) is 0 Å². The van der Waals surface area contributed by atoms with Crippen LogP contribution in [0, 0.1) is 0 Å². The van der Waals surface area contributed by atoms with Gasteiger partial charge in [-0.05, 0) is 47.2 Å². The maximum absolute atomic E-state index is 4.43. The van der Waals surface area contributed by atoms with Crippen molar-refractivity contribution in [2.24, 2.45) is 0 Å². The molecular formula is C22H20N2. The Labute approximate surface area is 142 Å². The summed E-state index contributed by atoms with van der Waals surface area (Å²) in [4.78, 5) is 7.09. The van der Waals surface area contributed by atoms with Crippen LogP contribution in [0.15, 0.2) is 73.1 Å². The molecule has 2 aliphatic heterocycles. The molecular weight excluding hydrogens is 292 g/mol. The van der Waals surface area contributed by atoms with Gasteiger partial charge in [0.1, 0.15) is 0 Å². The van der Waals surface area contributed by atoms with Crippen molar-refractivity contribution in [1.82, 2.24) is 9.88 Å². The Morgan fingerprint density at radius 1 is 1.00 bits per heavy atom. The first-order chi connectivity index (χ1) is 11.8. The molecule has 118 valence electrons. The summed E-state index contributed by atoms with van der Waals surface area (Å²) < 4.78 is 0. The van der Waals surface area contributed by atoms with Gasteiger partial charge in [0, 0.05) is 24.5 Å². The third-order valence-corrected chi connectivity index (χ3v) is 5.75. The van der Waals surface area contributed by atoms with Crippen molar-refractivity contribution in [3.8, 4) is 0 Å². The van der Waals surface area contributed by atoms with Gasteiger partial charge in [-0.2, -0.15) is 0 Å². The van der Waals surface area contributed by atoms with E-state index in [0.717, 1.165) is 13.0 Å². The SMILES string of the molecule is C[C@@]12Cc3ccncc3[C@@H](c3ccccc31)N2Cc1ccccc1. The summed E-state index contributed by atoms with van der Waals surface area (Å²) >= 11 is 0. The second kappa shape index (κ2) is 5.02. The van der Waals surface area contributed by atoms with E-state index < -0.39 is 0 Å². The lowest BCUT2D eigenvalue weighted by Crippen LogP contribution is -2.45. The topological polar surface area (TPSA) is 16.1 Å². The fourth-order valence-corrected chi connectivity index (χ4v) is 4.63. The molecule has 0 unspecified atom stereocenters. The zero-order valence-corrected chi connectivity index (χ0v) is 13.8. The van der Waals surface area contributed by atoms with E-state index in [1.165, 1.54) is 27.8 Å². The maximum atomic E-state index is 4.43. The van der Waals surface area contributed by atoms with Gasteiger partial charge in [0.15, 0.2) is 0 Å². The van der Waals surface area contributed by atoms with Gasteiger partial charge in [-0.15, -0.1) is 0 Å². The van der Waals surface area contributed by atoms with E-state index in [1.54, 1.807) is 0 Å². The van der Waals surface area contributed by atoms with Crippen LogP contribution in [-0.2, 0) is 18.5 Å². The Balaban J connectivity index is 1.70. The van der Waals surface area contributed by atoms with Crippen molar-refractivity contribution in [3.63, 3.8) is 0 Å². The van der Waals surface area contributed by atoms with Gasteiger partial charge in [-0.25, -0.2) is 0 Å². The number of pyridine rings is 1. The van der Waals surface area contributed by atoms with Crippen LogP contribution in [0.25, 0.3) is 0 Å². The minimum absolute atomic E-state index is 0.0471. The van der Waals surface area contributed by atoms with Crippen LogP contribution in [0.3, 0.4) is 0 Å². The average molecular weight is 312 g/mol. The van der Waals surface area contributed by atoms with Crippen LogP contribution in [-0.4, -0.2) is 9.88 Å². The third-order valence-electron chi connectivity index (χ3n) is 5.75. The summed E-state index contributed by atoms with van der Waals surface area (Å²) in [6.07, 6.45) is 5.05. The standard InChI is InChI=1S/C22H20N2/c1-22-13-17-11-12-23-14-19(17)21(18-9-5-6-10-20(18)22)24(22)15-16-7-3-2-4-8-16/h2-12,14,21H,13,15H2,1H3/t21-,22-/m1/s1. The van der Waals surface area contributed by atoms with E-state index in [4.69, 9.17) is 0 Å². The summed E-state index contributed by atoms with van der Waals surface area (Å²) in [6.45, 7) is 3.36. The fraction of sp³-hybridized carbons (Fsp3) is 0.227. The lowest BCUT2D eigenvalue weighted by molar-refractivity contribution is 0.0728. The van der Waals surface area contributed by atoms with Crippen LogP contribution in [0.1, 0.15) is 40.8 Å². The van der Waals surface area contributed by atoms with E-state index in [-0.39, 0.29) is 5.54 Å². The van der Waals surface area contributed by atoms with E-state index in [2.05, 4.69) is 83.7 Å². The molecule has 2 bridgehead atoms. The molecule has 0 fully saturated rings. The van der Waals surface area contributed by atoms with Gasteiger partial charge in [-0.1, -0.05) is 54.6 Å². The molecule has 0 amide bonds. The van der Waals surface area contributed by atoms with Crippen molar-refractivity contribution >= 4 is 0 Å². The molecule has 0 radical (unpaired) electrons. The zero-order valence-electron chi connectivity index (χ0n) is 13.8. The molecule has 2 aliphatic rings. The van der Waals surface area contributed by atoms with E-state index >= 15 is 0 Å². The van der Waals surface area contributed by atoms with E-state index in [0.29, 0.717) is 6.04 Å². The summed E-state index contributed by atoms with van der Waals surface area (Å²) in [6, 6.07) is 22.3. The molecule has 3 heterocycles. The van der Waals surface area contributed by atoms with Gasteiger partial charge in [0.05, 0.1) is 6.04 Å². The number of benzene rings is 2. The van der Waals surface area contributed by atoms with Gasteiger partial charge in [-0.3, -0.25) is 9.88 Å². The van der Waals surface area contributed by atoms with Crippen LogP contribution >= 0.6 is 0 Å². The number of aromatic nitrogens is 1. The van der Waals surface area contributed by atoms with Gasteiger partial charge in [0.25, 0.3) is 0 Å². The smallest absolute Gasteiger partial charge is 0.0634 e. The largest absolute Gasteiger partial charge is 0.278 e. The molecule has 0 aliphatic carbocycles. The highest BCUT2D eigenvalue weighted by Crippen LogP contribution is 2.55. The molecule has 5 rings (SSSR count). The molecule has 0 N–H and O–H groups in total. The normalized spacial score (nSPS) is 24.5. The number of nitrogens with zero attached hydrogens (tertiary/aromatic N) is 2. The minimum Gasteiger partial charge on any atom is -0.278 e. The summed E-state index contributed by atoms with van der Waals surface area (Å²) in [5, 5.41) is 0. The van der Waals surface area contributed by atoms with Gasteiger partial charge >= 0.3 is 0 Å². The van der Waals surface area contributed by atoms with E-state index in [9.17, 15) is 0 Å². The van der Waals surface area contributed by atoms with Crippen LogP contribution in [0.5, 0.6) is 0 Å². The Hall–Kier alpha value is -2.45. The highest BCUT2D eigenvalue weighted by molar-refractivity contribution is 5.52. The molecule has 24 heavy (non-hydrogen) atoms. The van der Waals surface area contributed by atoms with Crippen LogP contribution < -0.4 is 0 Å². The zero-order chi connectivity index (χ0) is 16.1. The van der Waals surface area contributed by atoms with Crippen molar-refractivity contribution in [1.29, 1.82) is 0 Å². The predicted octanol–water partition coefficient (Wildman–Crippen LogP) is 4.46. The first-order valence-electron chi connectivity index (χ1n) is 8.60. The quantitative estimate of drug-likeness (QED) is 0.694. The monoisotopic (exact) mass is 312 g/mol. The Morgan fingerprint density at radius 3 is 2.67 bits per heavy atom. The highest BCUT2D eigenvalue weighted by atomic mass is 15.3. The van der Waals surface area contributed by atoms with Gasteiger partial charge < -0.3 is 0 Å². The maximum Gasteiger partial charge on any atom is 0.0634 e. The molecule has 2 aromatic carbocycles. The number of hydrogen-bond acceptors (Lipinski definition) is 2. The molecule has 1 aromatic heterocycles. The van der Waals surface area contributed by atoms with Crippen molar-refractivity contribution < 1.29 is 0 Å². The molecule has 0 spiro atoms. The van der Waals surface area contributed by atoms with Crippen molar-refractivity contribution in [2.45, 2.75) is 31.5 Å². The lowest BCUT2D eigenvalue weighted by Gasteiger charge is -2.44. The fourth-order valence-electron chi connectivity index (χ4n) is 4.63.